The second kappa shape index (κ2) is 9.43. The van der Waals surface area contributed by atoms with Gasteiger partial charge in [0.2, 0.25) is 0 Å². The molecular weight excluding hydrogens is 421 g/mol. The average Bonchev–Trinajstić information content (AvgIpc) is 3.16. The molecule has 0 radical (unpaired) electrons. The van der Waals surface area contributed by atoms with Gasteiger partial charge in [0.25, 0.3) is 0 Å². The Morgan fingerprint density at radius 1 is 0.933 bits per heavy atom. The lowest BCUT2D eigenvalue weighted by Crippen LogP contribution is -2.06. The Labute approximate surface area is 183 Å². The first kappa shape index (κ1) is 20.6. The molecule has 0 unspecified atom stereocenters. The van der Waals surface area contributed by atoms with Gasteiger partial charge in [-0.25, -0.2) is 4.39 Å². The van der Waals surface area contributed by atoms with Gasteiger partial charge in [0.15, 0.2) is 5.16 Å². The first-order valence-electron chi connectivity index (χ1n) is 9.40. The van der Waals surface area contributed by atoms with Crippen LogP contribution in [0.5, 0.6) is 0 Å². The van der Waals surface area contributed by atoms with Gasteiger partial charge in [-0.15, -0.1) is 10.2 Å². The predicted molar refractivity (Wildman–Crippen MR) is 118 cm³/mol. The van der Waals surface area contributed by atoms with Crippen molar-refractivity contribution < 1.29 is 9.50 Å². The van der Waals surface area contributed by atoms with Gasteiger partial charge in [-0.05, 0) is 47.5 Å². The molecular formula is C23H19ClFN3OS. The molecule has 3 aromatic carbocycles. The van der Waals surface area contributed by atoms with Crippen molar-refractivity contribution in [2.75, 3.05) is 5.75 Å². The van der Waals surface area contributed by atoms with Crippen LogP contribution in [-0.2, 0) is 6.42 Å². The van der Waals surface area contributed by atoms with Crippen LogP contribution in [-0.4, -0.2) is 25.6 Å². The zero-order valence-electron chi connectivity index (χ0n) is 16.0. The number of aliphatic hydroxyl groups is 1. The third kappa shape index (κ3) is 4.90. The number of rotatable bonds is 7. The highest BCUT2D eigenvalue weighted by molar-refractivity contribution is 7.99. The first-order valence-corrected chi connectivity index (χ1v) is 10.8. The van der Waals surface area contributed by atoms with E-state index >= 15 is 0 Å². The maximum absolute atomic E-state index is 13.1. The van der Waals surface area contributed by atoms with E-state index in [1.165, 1.54) is 23.9 Å². The van der Waals surface area contributed by atoms with Crippen molar-refractivity contribution in [3.63, 3.8) is 0 Å². The number of aromatic nitrogens is 3. The summed E-state index contributed by atoms with van der Waals surface area (Å²) >= 11 is 7.46. The molecule has 30 heavy (non-hydrogen) atoms. The number of aliphatic hydroxyl groups excluding tert-OH is 1. The van der Waals surface area contributed by atoms with Crippen molar-refractivity contribution in [1.82, 2.24) is 14.8 Å². The molecule has 152 valence electrons. The Morgan fingerprint density at radius 3 is 2.33 bits per heavy atom. The summed E-state index contributed by atoms with van der Waals surface area (Å²) in [7, 11) is 0. The monoisotopic (exact) mass is 439 g/mol. The molecule has 0 spiro atoms. The minimum absolute atomic E-state index is 0.327. The zero-order chi connectivity index (χ0) is 20.9. The number of hydrogen-bond acceptors (Lipinski definition) is 4. The van der Waals surface area contributed by atoms with Crippen molar-refractivity contribution in [2.45, 2.75) is 17.7 Å². The van der Waals surface area contributed by atoms with E-state index in [4.69, 9.17) is 11.6 Å². The molecule has 0 saturated heterocycles. The maximum atomic E-state index is 13.1. The lowest BCUT2D eigenvalue weighted by Gasteiger charge is -2.13. The lowest BCUT2D eigenvalue weighted by atomic mass is 10.1. The summed E-state index contributed by atoms with van der Waals surface area (Å²) in [5.41, 5.74) is 2.68. The smallest absolute Gasteiger partial charge is 0.195 e. The van der Waals surface area contributed by atoms with E-state index in [9.17, 15) is 9.50 Å². The van der Waals surface area contributed by atoms with Crippen LogP contribution in [0.4, 0.5) is 4.39 Å². The summed E-state index contributed by atoms with van der Waals surface area (Å²) in [6.45, 7) is 0. The summed E-state index contributed by atoms with van der Waals surface area (Å²) in [5, 5.41) is 20.6. The highest BCUT2D eigenvalue weighted by Gasteiger charge is 2.17. The summed E-state index contributed by atoms with van der Waals surface area (Å²) in [4.78, 5) is 0. The standard InChI is InChI=1S/C23H19ClFN3OS/c24-18-8-12-20(13-9-18)28-22(14-16-4-2-1-3-5-16)26-27-23(28)30-15-21(29)17-6-10-19(25)11-7-17/h1-13,21,29H,14-15H2/t21-/m1/s1. The number of hydrogen-bond donors (Lipinski definition) is 1. The van der Waals surface area contributed by atoms with Crippen LogP contribution in [0, 0.1) is 5.82 Å². The Hall–Kier alpha value is -2.67. The largest absolute Gasteiger partial charge is 0.388 e. The van der Waals surface area contributed by atoms with Gasteiger partial charge in [0.1, 0.15) is 11.6 Å². The highest BCUT2D eigenvalue weighted by atomic mass is 35.5. The van der Waals surface area contributed by atoms with Crippen molar-refractivity contribution in [3.05, 3.63) is 107 Å². The van der Waals surface area contributed by atoms with Crippen LogP contribution in [0.3, 0.4) is 0 Å². The normalized spacial score (nSPS) is 12.1. The fraction of sp³-hybridized carbons (Fsp3) is 0.130. The first-order chi connectivity index (χ1) is 14.6. The third-order valence-corrected chi connectivity index (χ3v) is 5.87. The fourth-order valence-electron chi connectivity index (χ4n) is 3.07. The third-order valence-electron chi connectivity index (χ3n) is 4.62. The Balaban J connectivity index is 1.60. The molecule has 0 fully saturated rings. The molecule has 1 aromatic heterocycles. The molecule has 0 saturated carbocycles. The SMILES string of the molecule is O[C@H](CSc1nnc(Cc2ccccc2)n1-c1ccc(Cl)cc1)c1ccc(F)cc1. The topological polar surface area (TPSA) is 50.9 Å². The summed E-state index contributed by atoms with van der Waals surface area (Å²) in [6.07, 6.45) is -0.124. The van der Waals surface area contributed by atoms with E-state index in [-0.39, 0.29) is 5.82 Å². The fourth-order valence-corrected chi connectivity index (χ4v) is 4.13. The van der Waals surface area contributed by atoms with Gasteiger partial charge in [-0.1, -0.05) is 65.8 Å². The average molecular weight is 440 g/mol. The minimum atomic E-state index is -0.747. The molecule has 1 heterocycles. The van der Waals surface area contributed by atoms with Gasteiger partial charge in [-0.2, -0.15) is 0 Å². The van der Waals surface area contributed by atoms with Crippen molar-refractivity contribution >= 4 is 23.4 Å². The molecule has 1 N–H and O–H groups in total. The molecule has 0 aliphatic rings. The van der Waals surface area contributed by atoms with Gasteiger partial charge in [0, 0.05) is 22.9 Å². The molecule has 0 aliphatic heterocycles. The Morgan fingerprint density at radius 2 is 1.63 bits per heavy atom. The highest BCUT2D eigenvalue weighted by Crippen LogP contribution is 2.28. The Kier molecular flexibility index (Phi) is 6.47. The van der Waals surface area contributed by atoms with E-state index in [1.54, 1.807) is 12.1 Å². The van der Waals surface area contributed by atoms with Crippen molar-refractivity contribution in [2.24, 2.45) is 0 Å². The van der Waals surface area contributed by atoms with Crippen LogP contribution in [0.25, 0.3) is 5.69 Å². The van der Waals surface area contributed by atoms with E-state index < -0.39 is 6.10 Å². The Bertz CT molecular complexity index is 1100. The summed E-state index contributed by atoms with van der Waals surface area (Å²) in [5.74, 6) is 0.830. The van der Waals surface area contributed by atoms with E-state index in [0.29, 0.717) is 27.9 Å². The van der Waals surface area contributed by atoms with Crippen LogP contribution >= 0.6 is 23.4 Å². The van der Waals surface area contributed by atoms with Crippen LogP contribution < -0.4 is 0 Å². The molecule has 0 amide bonds. The van der Waals surface area contributed by atoms with Gasteiger partial charge >= 0.3 is 0 Å². The van der Waals surface area contributed by atoms with Crippen molar-refractivity contribution in [3.8, 4) is 5.69 Å². The number of thioether (sulfide) groups is 1. The van der Waals surface area contributed by atoms with Gasteiger partial charge in [0.05, 0.1) is 6.10 Å². The van der Waals surface area contributed by atoms with Crippen LogP contribution in [0.2, 0.25) is 5.02 Å². The molecule has 0 bridgehead atoms. The zero-order valence-corrected chi connectivity index (χ0v) is 17.5. The molecule has 4 nitrogen and oxygen atoms in total. The minimum Gasteiger partial charge on any atom is -0.388 e. The van der Waals surface area contributed by atoms with Crippen LogP contribution in [0.1, 0.15) is 23.1 Å². The number of nitrogens with zero attached hydrogens (tertiary/aromatic N) is 3. The second-order valence-electron chi connectivity index (χ2n) is 6.75. The van der Waals surface area contributed by atoms with Gasteiger partial charge in [-0.3, -0.25) is 4.57 Å². The number of benzene rings is 3. The lowest BCUT2D eigenvalue weighted by molar-refractivity contribution is 0.204. The molecule has 0 aliphatic carbocycles. The maximum Gasteiger partial charge on any atom is 0.195 e. The second-order valence-corrected chi connectivity index (χ2v) is 8.17. The summed E-state index contributed by atoms with van der Waals surface area (Å²) < 4.78 is 15.1. The molecule has 4 rings (SSSR count). The van der Waals surface area contributed by atoms with Crippen molar-refractivity contribution in [1.29, 1.82) is 0 Å². The predicted octanol–water partition coefficient (Wildman–Crippen LogP) is 5.48. The molecule has 7 heteroatoms. The summed E-state index contributed by atoms with van der Waals surface area (Å²) in [6, 6.07) is 23.4. The van der Waals surface area contributed by atoms with E-state index in [1.807, 2.05) is 59.2 Å². The quantitative estimate of drug-likeness (QED) is 0.387. The molecule has 1 atom stereocenters. The van der Waals surface area contributed by atoms with E-state index in [0.717, 1.165) is 17.1 Å². The van der Waals surface area contributed by atoms with Gasteiger partial charge < -0.3 is 5.11 Å². The molecule has 4 aromatic rings. The van der Waals surface area contributed by atoms with Crippen LogP contribution in [0.15, 0.2) is 84.0 Å². The number of halogens is 2. The van der Waals surface area contributed by atoms with E-state index in [2.05, 4.69) is 10.2 Å².